The summed E-state index contributed by atoms with van der Waals surface area (Å²) in [5.74, 6) is 1.00. The Bertz CT molecular complexity index is 960. The lowest BCUT2D eigenvalue weighted by molar-refractivity contribution is -0.118. The van der Waals surface area contributed by atoms with E-state index in [1.165, 1.54) is 11.3 Å². The molecule has 1 aromatic carbocycles. The quantitative estimate of drug-likeness (QED) is 0.716. The number of nitrogens with zero attached hydrogens (tertiary/aromatic N) is 1. The number of ether oxygens (including phenoxy) is 1. The van der Waals surface area contributed by atoms with E-state index in [0.717, 1.165) is 46.2 Å². The standard InChI is InChI=1S/C21H22N2O2S2/c1-3-14-6-4-5-7-18(14)25-12-19(24)23-20-17(11-22)15-9-8-13(2)10-16(15)21(26)27-20/h4-7,13H,3,8-10,12H2,1-2H3,(H,23,24). The SMILES string of the molecule is CCc1ccccc1OCC(=O)Nc1sc(=S)c2c(c1C#N)CCC(C)C2. The Morgan fingerprint density at radius 2 is 2.19 bits per heavy atom. The molecule has 2 aromatic rings. The van der Waals surface area contributed by atoms with Gasteiger partial charge in [-0.2, -0.15) is 5.26 Å². The largest absolute Gasteiger partial charge is 0.483 e. The van der Waals surface area contributed by atoms with Crippen LogP contribution in [-0.4, -0.2) is 12.5 Å². The van der Waals surface area contributed by atoms with Gasteiger partial charge in [-0.3, -0.25) is 4.79 Å². The fraction of sp³-hybridized carbons (Fsp3) is 0.381. The molecule has 6 heteroatoms. The maximum absolute atomic E-state index is 12.4. The zero-order chi connectivity index (χ0) is 19.4. The number of benzene rings is 1. The number of hydrogen-bond donors (Lipinski definition) is 1. The van der Waals surface area contributed by atoms with Crippen molar-refractivity contribution in [1.29, 1.82) is 5.26 Å². The average Bonchev–Trinajstić information content (AvgIpc) is 2.67. The number of nitriles is 1. The second-order valence-corrected chi connectivity index (χ2v) is 8.50. The Labute approximate surface area is 168 Å². The molecule has 1 aliphatic rings. The number of hydrogen-bond acceptors (Lipinski definition) is 5. The number of nitrogens with one attached hydrogen (secondary N) is 1. The van der Waals surface area contributed by atoms with Gasteiger partial charge in [0.2, 0.25) is 0 Å². The van der Waals surface area contributed by atoms with Crippen LogP contribution in [0.5, 0.6) is 5.75 Å². The molecule has 140 valence electrons. The summed E-state index contributed by atoms with van der Waals surface area (Å²) in [5, 5.41) is 13.0. The highest BCUT2D eigenvalue weighted by Crippen LogP contribution is 2.35. The van der Waals surface area contributed by atoms with Gasteiger partial charge in [0.05, 0.1) is 9.39 Å². The topological polar surface area (TPSA) is 62.1 Å². The Morgan fingerprint density at radius 3 is 2.93 bits per heavy atom. The number of fused-ring (bicyclic) bond motifs is 1. The van der Waals surface area contributed by atoms with Crippen LogP contribution in [0.4, 0.5) is 5.00 Å². The van der Waals surface area contributed by atoms with Crippen LogP contribution >= 0.6 is 23.6 Å². The van der Waals surface area contributed by atoms with Gasteiger partial charge >= 0.3 is 0 Å². The molecular weight excluding hydrogens is 376 g/mol. The molecular formula is C21H22N2O2S2. The third-order valence-electron chi connectivity index (χ3n) is 4.85. The summed E-state index contributed by atoms with van der Waals surface area (Å²) >= 11 is 6.85. The maximum atomic E-state index is 12.4. The van der Waals surface area contributed by atoms with Gasteiger partial charge in [0.25, 0.3) is 5.91 Å². The summed E-state index contributed by atoms with van der Waals surface area (Å²) in [7, 11) is 0. The molecule has 1 N–H and O–H groups in total. The number of rotatable bonds is 5. The first-order valence-corrected chi connectivity index (χ1v) is 10.4. The summed E-state index contributed by atoms with van der Waals surface area (Å²) in [6.45, 7) is 4.15. The third kappa shape index (κ3) is 4.37. The van der Waals surface area contributed by atoms with Crippen molar-refractivity contribution in [3.05, 3.63) is 50.3 Å². The van der Waals surface area contributed by atoms with Crippen LogP contribution in [0.25, 0.3) is 0 Å². The minimum Gasteiger partial charge on any atom is -0.483 e. The predicted molar refractivity (Wildman–Crippen MR) is 111 cm³/mol. The van der Waals surface area contributed by atoms with Crippen LogP contribution in [0.3, 0.4) is 0 Å². The van der Waals surface area contributed by atoms with Gasteiger partial charge in [0.1, 0.15) is 16.8 Å². The average molecular weight is 399 g/mol. The fourth-order valence-corrected chi connectivity index (χ4v) is 4.80. The summed E-state index contributed by atoms with van der Waals surface area (Å²) in [6.07, 6.45) is 3.61. The summed E-state index contributed by atoms with van der Waals surface area (Å²) in [6, 6.07) is 9.95. The van der Waals surface area contributed by atoms with Crippen molar-refractivity contribution in [1.82, 2.24) is 0 Å². The van der Waals surface area contributed by atoms with Gasteiger partial charge in [-0.1, -0.05) is 44.3 Å². The number of carbonyl (C=O) groups is 1. The summed E-state index contributed by atoms with van der Waals surface area (Å²) in [5.41, 5.74) is 3.72. The maximum Gasteiger partial charge on any atom is 0.262 e. The lowest BCUT2D eigenvalue weighted by Gasteiger charge is -2.23. The molecule has 0 fully saturated rings. The highest BCUT2D eigenvalue weighted by Gasteiger charge is 2.23. The van der Waals surface area contributed by atoms with Crippen LogP contribution in [0, 0.1) is 21.1 Å². The summed E-state index contributed by atoms with van der Waals surface area (Å²) in [4.78, 5) is 12.4. The molecule has 27 heavy (non-hydrogen) atoms. The highest BCUT2D eigenvalue weighted by molar-refractivity contribution is 7.73. The number of carbonyl (C=O) groups excluding carboxylic acids is 1. The van der Waals surface area contributed by atoms with E-state index in [9.17, 15) is 10.1 Å². The predicted octanol–water partition coefficient (Wildman–Crippen LogP) is 5.05. The zero-order valence-corrected chi connectivity index (χ0v) is 17.1. The smallest absolute Gasteiger partial charge is 0.262 e. The van der Waals surface area contributed by atoms with Gasteiger partial charge in [0, 0.05) is 0 Å². The van der Waals surface area contributed by atoms with Crippen molar-refractivity contribution >= 4 is 34.5 Å². The molecule has 0 spiro atoms. The van der Waals surface area contributed by atoms with Crippen molar-refractivity contribution < 1.29 is 9.53 Å². The summed E-state index contributed by atoms with van der Waals surface area (Å²) < 4.78 is 6.44. The van der Waals surface area contributed by atoms with Crippen LogP contribution in [0.1, 0.15) is 42.5 Å². The molecule has 3 rings (SSSR count). The Hall–Kier alpha value is -2.23. The molecule has 0 saturated heterocycles. The van der Waals surface area contributed by atoms with E-state index < -0.39 is 0 Å². The molecule has 1 heterocycles. The van der Waals surface area contributed by atoms with E-state index in [2.05, 4.69) is 18.3 Å². The lowest BCUT2D eigenvalue weighted by atomic mass is 9.85. The van der Waals surface area contributed by atoms with E-state index in [-0.39, 0.29) is 12.5 Å². The van der Waals surface area contributed by atoms with Crippen LogP contribution < -0.4 is 10.1 Å². The van der Waals surface area contributed by atoms with E-state index in [0.29, 0.717) is 22.2 Å². The molecule has 0 saturated carbocycles. The second kappa shape index (κ2) is 8.64. The van der Waals surface area contributed by atoms with Crippen molar-refractivity contribution in [3.63, 3.8) is 0 Å². The zero-order valence-electron chi connectivity index (χ0n) is 15.5. The molecule has 4 nitrogen and oxygen atoms in total. The van der Waals surface area contributed by atoms with Crippen LogP contribution in [0.2, 0.25) is 0 Å². The van der Waals surface area contributed by atoms with Crippen molar-refractivity contribution in [2.24, 2.45) is 5.92 Å². The van der Waals surface area contributed by atoms with E-state index in [1.807, 2.05) is 31.2 Å². The fourth-order valence-electron chi connectivity index (χ4n) is 3.39. The molecule has 0 bridgehead atoms. The van der Waals surface area contributed by atoms with E-state index >= 15 is 0 Å². The Morgan fingerprint density at radius 1 is 1.41 bits per heavy atom. The molecule has 0 aliphatic heterocycles. The second-order valence-electron chi connectivity index (χ2n) is 6.81. The number of amides is 1. The highest BCUT2D eigenvalue weighted by atomic mass is 32.1. The van der Waals surface area contributed by atoms with Crippen LogP contribution in [-0.2, 0) is 24.1 Å². The first kappa shape index (κ1) is 19.5. The first-order valence-electron chi connectivity index (χ1n) is 9.13. The molecule has 1 unspecified atom stereocenters. The van der Waals surface area contributed by atoms with Gasteiger partial charge < -0.3 is 10.1 Å². The number of para-hydroxylation sites is 1. The van der Waals surface area contributed by atoms with Gasteiger partial charge in [-0.15, -0.1) is 11.3 Å². The van der Waals surface area contributed by atoms with Crippen molar-refractivity contribution in [2.45, 2.75) is 39.5 Å². The lowest BCUT2D eigenvalue weighted by Crippen LogP contribution is -2.22. The Kier molecular flexibility index (Phi) is 6.25. The number of anilines is 1. The van der Waals surface area contributed by atoms with Gasteiger partial charge in [0.15, 0.2) is 6.61 Å². The molecule has 1 amide bonds. The van der Waals surface area contributed by atoms with Gasteiger partial charge in [-0.25, -0.2) is 0 Å². The van der Waals surface area contributed by atoms with Gasteiger partial charge in [-0.05, 0) is 54.4 Å². The van der Waals surface area contributed by atoms with Crippen molar-refractivity contribution in [3.8, 4) is 11.8 Å². The molecule has 0 radical (unpaired) electrons. The molecule has 1 aliphatic carbocycles. The first-order chi connectivity index (χ1) is 13.0. The minimum atomic E-state index is -0.285. The van der Waals surface area contributed by atoms with E-state index in [4.69, 9.17) is 17.0 Å². The van der Waals surface area contributed by atoms with Crippen molar-refractivity contribution in [2.75, 3.05) is 11.9 Å². The third-order valence-corrected chi connectivity index (χ3v) is 6.29. The Balaban J connectivity index is 1.77. The minimum absolute atomic E-state index is 0.102. The van der Waals surface area contributed by atoms with Crippen LogP contribution in [0.15, 0.2) is 24.3 Å². The number of aryl methyl sites for hydroxylation is 1. The molecule has 1 aromatic heterocycles. The van der Waals surface area contributed by atoms with E-state index in [1.54, 1.807) is 0 Å². The molecule has 1 atom stereocenters. The normalized spacial score (nSPS) is 15.5. The monoisotopic (exact) mass is 398 g/mol.